The van der Waals surface area contributed by atoms with E-state index in [9.17, 15) is 14.4 Å². The maximum Gasteiger partial charge on any atom is 0.341 e. The van der Waals surface area contributed by atoms with Gasteiger partial charge in [-0.25, -0.2) is 4.79 Å². The quantitative estimate of drug-likeness (QED) is 0.903. The lowest BCUT2D eigenvalue weighted by atomic mass is 9.81. The molecule has 0 amide bonds. The first-order valence-corrected chi connectivity index (χ1v) is 7.16. The van der Waals surface area contributed by atoms with Gasteiger partial charge in [-0.3, -0.25) is 9.59 Å². The van der Waals surface area contributed by atoms with E-state index in [1.807, 2.05) is 24.3 Å². The SMILES string of the molecule is COc1ccc([C@H]2CC(=O)c3cc(C(=O)O)c(=O)[nH]c3C2)cc1. The van der Waals surface area contributed by atoms with Crippen LogP contribution in [0.4, 0.5) is 0 Å². The molecular formula is C17H15NO5. The number of ketones is 1. The van der Waals surface area contributed by atoms with E-state index in [-0.39, 0.29) is 18.1 Å². The lowest BCUT2D eigenvalue weighted by Crippen LogP contribution is -2.27. The van der Waals surface area contributed by atoms with Crippen molar-refractivity contribution in [3.8, 4) is 5.75 Å². The third kappa shape index (κ3) is 2.75. The summed E-state index contributed by atoms with van der Waals surface area (Å²) >= 11 is 0. The topological polar surface area (TPSA) is 96.5 Å². The average molecular weight is 313 g/mol. The van der Waals surface area contributed by atoms with Crippen LogP contribution in [-0.4, -0.2) is 29.0 Å². The minimum Gasteiger partial charge on any atom is -0.497 e. The number of aromatic nitrogens is 1. The minimum atomic E-state index is -1.33. The molecule has 1 aliphatic carbocycles. The fourth-order valence-electron chi connectivity index (χ4n) is 2.90. The van der Waals surface area contributed by atoms with E-state index in [2.05, 4.69) is 4.98 Å². The monoisotopic (exact) mass is 313 g/mol. The maximum absolute atomic E-state index is 12.3. The van der Waals surface area contributed by atoms with E-state index < -0.39 is 17.1 Å². The molecule has 2 aromatic rings. The normalized spacial score (nSPS) is 16.7. The third-order valence-corrected chi connectivity index (χ3v) is 4.12. The fraction of sp³-hybridized carbons (Fsp3) is 0.235. The van der Waals surface area contributed by atoms with Crippen molar-refractivity contribution in [3.05, 3.63) is 63.1 Å². The molecular weight excluding hydrogens is 298 g/mol. The summed E-state index contributed by atoms with van der Waals surface area (Å²) in [5.74, 6) is -0.812. The Morgan fingerprint density at radius 3 is 2.52 bits per heavy atom. The second-order valence-corrected chi connectivity index (χ2v) is 5.51. The lowest BCUT2D eigenvalue weighted by Gasteiger charge is -2.24. The van der Waals surface area contributed by atoms with Crippen LogP contribution in [0.2, 0.25) is 0 Å². The van der Waals surface area contributed by atoms with Crippen molar-refractivity contribution in [2.45, 2.75) is 18.8 Å². The summed E-state index contributed by atoms with van der Waals surface area (Å²) in [7, 11) is 1.58. The number of carbonyl (C=O) groups is 2. The summed E-state index contributed by atoms with van der Waals surface area (Å²) in [6, 6.07) is 8.62. The molecule has 1 atom stereocenters. The van der Waals surface area contributed by atoms with Crippen molar-refractivity contribution >= 4 is 11.8 Å². The summed E-state index contributed by atoms with van der Waals surface area (Å²) in [6.07, 6.45) is 0.771. The predicted octanol–water partition coefficient (Wildman–Crippen LogP) is 1.99. The number of aromatic carboxylic acids is 1. The zero-order valence-electron chi connectivity index (χ0n) is 12.5. The second-order valence-electron chi connectivity index (χ2n) is 5.51. The van der Waals surface area contributed by atoms with Gasteiger partial charge in [0.1, 0.15) is 11.3 Å². The highest BCUT2D eigenvalue weighted by molar-refractivity contribution is 6.00. The molecule has 118 valence electrons. The largest absolute Gasteiger partial charge is 0.497 e. The van der Waals surface area contributed by atoms with Gasteiger partial charge in [-0.1, -0.05) is 12.1 Å². The van der Waals surface area contributed by atoms with Crippen molar-refractivity contribution in [1.82, 2.24) is 4.98 Å². The first-order chi connectivity index (χ1) is 11.0. The fourth-order valence-corrected chi connectivity index (χ4v) is 2.90. The molecule has 1 aromatic heterocycles. The molecule has 1 heterocycles. The first-order valence-electron chi connectivity index (χ1n) is 7.16. The number of hydrogen-bond donors (Lipinski definition) is 2. The van der Waals surface area contributed by atoms with Crippen LogP contribution in [0.15, 0.2) is 35.1 Å². The Hall–Kier alpha value is -2.89. The Bertz CT molecular complexity index is 835. The number of carboxylic acids is 1. The third-order valence-electron chi connectivity index (χ3n) is 4.12. The molecule has 6 nitrogen and oxygen atoms in total. The Balaban J connectivity index is 1.97. The van der Waals surface area contributed by atoms with Crippen LogP contribution in [-0.2, 0) is 6.42 Å². The average Bonchev–Trinajstić information content (AvgIpc) is 2.54. The number of carbonyl (C=O) groups excluding carboxylic acids is 1. The van der Waals surface area contributed by atoms with Crippen LogP contribution >= 0.6 is 0 Å². The van der Waals surface area contributed by atoms with Crippen LogP contribution in [0.1, 0.15) is 44.3 Å². The van der Waals surface area contributed by atoms with Crippen LogP contribution in [0, 0.1) is 0 Å². The number of nitrogens with one attached hydrogen (secondary N) is 1. The number of H-pyrrole nitrogens is 1. The van der Waals surface area contributed by atoms with Gasteiger partial charge < -0.3 is 14.8 Å². The van der Waals surface area contributed by atoms with Gasteiger partial charge in [0.25, 0.3) is 5.56 Å². The number of hydrogen-bond acceptors (Lipinski definition) is 4. The number of Topliss-reactive ketones (excluding diaryl/α,β-unsaturated/α-hetero) is 1. The molecule has 0 spiro atoms. The zero-order chi connectivity index (χ0) is 16.6. The number of aromatic amines is 1. The summed E-state index contributed by atoms with van der Waals surface area (Å²) in [5, 5.41) is 8.99. The molecule has 0 saturated carbocycles. The number of fused-ring (bicyclic) bond motifs is 1. The predicted molar refractivity (Wildman–Crippen MR) is 82.4 cm³/mol. The van der Waals surface area contributed by atoms with E-state index in [1.54, 1.807) is 7.11 Å². The standard InChI is InChI=1S/C17H15NO5/c1-23-11-4-2-9(3-5-11)10-6-14-12(15(19)7-10)8-13(17(21)22)16(20)18-14/h2-5,8,10H,6-7H2,1H3,(H,18,20)(H,21,22)/t10-/m1/s1. The molecule has 3 rings (SSSR count). The van der Waals surface area contributed by atoms with Crippen molar-refractivity contribution in [2.75, 3.05) is 7.11 Å². The molecule has 0 aliphatic heterocycles. The van der Waals surface area contributed by atoms with Gasteiger partial charge in [0.15, 0.2) is 5.78 Å². The molecule has 6 heteroatoms. The highest BCUT2D eigenvalue weighted by atomic mass is 16.5. The Morgan fingerprint density at radius 2 is 1.91 bits per heavy atom. The Labute approximate surface area is 131 Å². The number of rotatable bonds is 3. The van der Waals surface area contributed by atoms with Crippen LogP contribution in [0.3, 0.4) is 0 Å². The lowest BCUT2D eigenvalue weighted by molar-refractivity contribution is 0.0695. The molecule has 1 aromatic carbocycles. The molecule has 1 aliphatic rings. The van der Waals surface area contributed by atoms with Crippen molar-refractivity contribution in [2.24, 2.45) is 0 Å². The molecule has 2 N–H and O–H groups in total. The number of methoxy groups -OCH3 is 1. The van der Waals surface area contributed by atoms with Crippen LogP contribution < -0.4 is 10.3 Å². The van der Waals surface area contributed by atoms with Gasteiger partial charge in [-0.2, -0.15) is 0 Å². The Morgan fingerprint density at radius 1 is 1.22 bits per heavy atom. The highest BCUT2D eigenvalue weighted by Gasteiger charge is 2.28. The molecule has 0 fully saturated rings. The number of benzene rings is 1. The van der Waals surface area contributed by atoms with Crippen molar-refractivity contribution < 1.29 is 19.4 Å². The van der Waals surface area contributed by atoms with Crippen LogP contribution in [0.25, 0.3) is 0 Å². The molecule has 0 bridgehead atoms. The van der Waals surface area contributed by atoms with Gasteiger partial charge in [0.05, 0.1) is 7.11 Å². The number of pyridine rings is 1. The van der Waals surface area contributed by atoms with Crippen molar-refractivity contribution in [1.29, 1.82) is 0 Å². The van der Waals surface area contributed by atoms with E-state index in [0.29, 0.717) is 17.7 Å². The molecule has 0 unspecified atom stereocenters. The molecule has 0 radical (unpaired) electrons. The van der Waals surface area contributed by atoms with E-state index in [0.717, 1.165) is 11.3 Å². The zero-order valence-corrected chi connectivity index (χ0v) is 12.5. The number of carboxylic acid groups (broad SMARTS) is 1. The van der Waals surface area contributed by atoms with Gasteiger partial charge >= 0.3 is 5.97 Å². The van der Waals surface area contributed by atoms with Crippen LogP contribution in [0.5, 0.6) is 5.75 Å². The summed E-state index contributed by atoms with van der Waals surface area (Å²) in [6.45, 7) is 0. The van der Waals surface area contributed by atoms with Gasteiger partial charge in [-0.05, 0) is 36.1 Å². The highest BCUT2D eigenvalue weighted by Crippen LogP contribution is 2.32. The summed E-state index contributed by atoms with van der Waals surface area (Å²) < 4.78 is 5.12. The smallest absolute Gasteiger partial charge is 0.341 e. The van der Waals surface area contributed by atoms with Crippen molar-refractivity contribution in [3.63, 3.8) is 0 Å². The Kier molecular flexibility index (Phi) is 3.73. The molecule has 23 heavy (non-hydrogen) atoms. The first kappa shape index (κ1) is 15.0. The summed E-state index contributed by atoms with van der Waals surface area (Å²) in [4.78, 5) is 37.7. The van der Waals surface area contributed by atoms with Gasteiger partial charge in [0.2, 0.25) is 0 Å². The molecule has 0 saturated heterocycles. The number of ether oxygens (including phenoxy) is 1. The van der Waals surface area contributed by atoms with E-state index in [4.69, 9.17) is 9.84 Å². The maximum atomic E-state index is 12.3. The minimum absolute atomic E-state index is 0.0489. The van der Waals surface area contributed by atoms with Gasteiger partial charge in [-0.15, -0.1) is 0 Å². The van der Waals surface area contributed by atoms with Gasteiger partial charge in [0, 0.05) is 17.7 Å². The van der Waals surface area contributed by atoms with E-state index >= 15 is 0 Å². The summed E-state index contributed by atoms with van der Waals surface area (Å²) in [5.41, 5.74) is 0.691. The second kappa shape index (κ2) is 5.72. The van der Waals surface area contributed by atoms with E-state index in [1.165, 1.54) is 6.07 Å².